The molecule has 84 valence electrons. The first-order chi connectivity index (χ1) is 7.22. The van der Waals surface area contributed by atoms with Gasteiger partial charge < -0.3 is 4.74 Å². The van der Waals surface area contributed by atoms with Gasteiger partial charge in [-0.3, -0.25) is 4.90 Å². The van der Waals surface area contributed by atoms with E-state index in [-0.39, 0.29) is 5.38 Å². The van der Waals surface area contributed by atoms with Gasteiger partial charge in [0.25, 0.3) is 0 Å². The predicted molar refractivity (Wildman–Crippen MR) is 59.9 cm³/mol. The van der Waals surface area contributed by atoms with Crippen molar-refractivity contribution < 1.29 is 4.74 Å². The molecular formula is C10H16ClN3O. The zero-order valence-corrected chi connectivity index (χ0v) is 9.81. The molecule has 1 heterocycles. The number of hydrogen-bond acceptors (Lipinski definition) is 4. The molecule has 0 saturated heterocycles. The summed E-state index contributed by atoms with van der Waals surface area (Å²) in [6.45, 7) is 2.02. The molecule has 0 aliphatic carbocycles. The molecule has 0 aliphatic rings. The quantitative estimate of drug-likeness (QED) is 0.687. The van der Waals surface area contributed by atoms with E-state index < -0.39 is 0 Å². The molecule has 1 aromatic heterocycles. The summed E-state index contributed by atoms with van der Waals surface area (Å²) in [5.41, 5.74) is 0. The molecule has 1 aromatic rings. The molecule has 0 N–H and O–H groups in total. The van der Waals surface area contributed by atoms with Crippen LogP contribution in [0.15, 0.2) is 18.5 Å². The minimum absolute atomic E-state index is 0.00344. The summed E-state index contributed by atoms with van der Waals surface area (Å²) in [7, 11) is 3.64. The van der Waals surface area contributed by atoms with Gasteiger partial charge in [-0.2, -0.15) is 0 Å². The van der Waals surface area contributed by atoms with E-state index in [0.717, 1.165) is 12.4 Å². The third-order valence-electron chi connectivity index (χ3n) is 1.89. The van der Waals surface area contributed by atoms with Crippen LogP contribution in [0.4, 0.5) is 0 Å². The van der Waals surface area contributed by atoms with Crippen LogP contribution < -0.4 is 0 Å². The van der Waals surface area contributed by atoms with Gasteiger partial charge in [-0.05, 0) is 13.1 Å². The minimum atomic E-state index is 0.00344. The maximum Gasteiger partial charge on any atom is 0.142 e. The highest BCUT2D eigenvalue weighted by Crippen LogP contribution is 2.01. The molecule has 0 saturated carbocycles. The van der Waals surface area contributed by atoms with Gasteiger partial charge in [0.2, 0.25) is 0 Å². The van der Waals surface area contributed by atoms with Crippen LogP contribution >= 0.6 is 11.6 Å². The molecular weight excluding hydrogens is 214 g/mol. The highest BCUT2D eigenvalue weighted by atomic mass is 35.5. The Kier molecular flexibility index (Phi) is 5.53. The zero-order chi connectivity index (χ0) is 11.1. The molecule has 1 unspecified atom stereocenters. The predicted octanol–water partition coefficient (Wildman–Crippen LogP) is 1.16. The minimum Gasteiger partial charge on any atom is -0.383 e. The summed E-state index contributed by atoms with van der Waals surface area (Å²) in [5.74, 6) is 0.807. The molecule has 15 heavy (non-hydrogen) atoms. The van der Waals surface area contributed by atoms with Gasteiger partial charge in [-0.15, -0.1) is 11.6 Å². The Bertz CT molecular complexity index is 271. The molecule has 1 rings (SSSR count). The molecule has 5 heteroatoms. The lowest BCUT2D eigenvalue weighted by Crippen LogP contribution is -2.28. The molecule has 0 radical (unpaired) electrons. The second kappa shape index (κ2) is 6.71. The number of nitrogens with zero attached hydrogens (tertiary/aromatic N) is 3. The number of aromatic nitrogens is 2. The van der Waals surface area contributed by atoms with E-state index in [1.807, 2.05) is 7.05 Å². The van der Waals surface area contributed by atoms with Crippen molar-refractivity contribution in [2.45, 2.75) is 11.9 Å². The second-order valence-electron chi connectivity index (χ2n) is 3.41. The third kappa shape index (κ3) is 5.06. The fourth-order valence-electron chi connectivity index (χ4n) is 1.29. The van der Waals surface area contributed by atoms with Crippen molar-refractivity contribution in [1.29, 1.82) is 0 Å². The Hall–Kier alpha value is -0.710. The summed E-state index contributed by atoms with van der Waals surface area (Å²) in [6.07, 6.45) is 3.48. The zero-order valence-electron chi connectivity index (χ0n) is 9.06. The summed E-state index contributed by atoms with van der Waals surface area (Å²) >= 11 is 6.03. The van der Waals surface area contributed by atoms with Gasteiger partial charge >= 0.3 is 0 Å². The van der Waals surface area contributed by atoms with Crippen molar-refractivity contribution in [2.75, 3.05) is 27.3 Å². The van der Waals surface area contributed by atoms with Crippen molar-refractivity contribution in [2.24, 2.45) is 0 Å². The normalized spacial score (nSPS) is 13.1. The average Bonchev–Trinajstić information content (AvgIpc) is 2.19. The lowest BCUT2D eigenvalue weighted by atomic mass is 10.4. The molecule has 4 nitrogen and oxygen atoms in total. The van der Waals surface area contributed by atoms with Crippen LogP contribution in [0.5, 0.6) is 0 Å². The molecule has 0 fully saturated rings. The maximum atomic E-state index is 6.03. The monoisotopic (exact) mass is 229 g/mol. The van der Waals surface area contributed by atoms with Crippen LogP contribution in [-0.4, -0.2) is 47.6 Å². The fraction of sp³-hybridized carbons (Fsp3) is 0.600. The molecule has 1 atom stereocenters. The highest BCUT2D eigenvalue weighted by molar-refractivity contribution is 6.20. The van der Waals surface area contributed by atoms with Crippen LogP contribution in [0.3, 0.4) is 0 Å². The molecule has 0 spiro atoms. The van der Waals surface area contributed by atoms with Crippen molar-refractivity contribution in [3.63, 3.8) is 0 Å². The highest BCUT2D eigenvalue weighted by Gasteiger charge is 2.09. The number of methoxy groups -OCH3 is 1. The van der Waals surface area contributed by atoms with E-state index in [1.54, 1.807) is 25.6 Å². The van der Waals surface area contributed by atoms with Crippen molar-refractivity contribution in [1.82, 2.24) is 14.9 Å². The maximum absolute atomic E-state index is 6.03. The largest absolute Gasteiger partial charge is 0.383 e. The SMILES string of the molecule is COCC(Cl)CN(C)Cc1ncccn1. The Morgan fingerprint density at radius 1 is 1.47 bits per heavy atom. The van der Waals surface area contributed by atoms with Gasteiger partial charge in [0, 0.05) is 26.0 Å². The lowest BCUT2D eigenvalue weighted by Gasteiger charge is -2.18. The van der Waals surface area contributed by atoms with E-state index in [2.05, 4.69) is 14.9 Å². The number of ether oxygens (including phenoxy) is 1. The van der Waals surface area contributed by atoms with Crippen LogP contribution in [0.25, 0.3) is 0 Å². The molecule has 0 bridgehead atoms. The van der Waals surface area contributed by atoms with Crippen LogP contribution in [0.2, 0.25) is 0 Å². The molecule has 0 aliphatic heterocycles. The van der Waals surface area contributed by atoms with Gasteiger partial charge in [0.1, 0.15) is 5.82 Å². The molecule has 0 amide bonds. The Labute approximate surface area is 95.2 Å². The first kappa shape index (κ1) is 12.4. The summed E-state index contributed by atoms with van der Waals surface area (Å²) in [6, 6.07) is 1.80. The first-order valence-electron chi connectivity index (χ1n) is 4.80. The number of rotatable bonds is 6. The number of alkyl halides is 1. The van der Waals surface area contributed by atoms with Gasteiger partial charge in [-0.25, -0.2) is 9.97 Å². The van der Waals surface area contributed by atoms with Crippen molar-refractivity contribution in [3.8, 4) is 0 Å². The fourth-order valence-corrected chi connectivity index (χ4v) is 1.65. The second-order valence-corrected chi connectivity index (χ2v) is 4.03. The van der Waals surface area contributed by atoms with Crippen LogP contribution in [-0.2, 0) is 11.3 Å². The van der Waals surface area contributed by atoms with Gasteiger partial charge in [-0.1, -0.05) is 0 Å². The van der Waals surface area contributed by atoms with Gasteiger partial charge in [0.05, 0.1) is 18.5 Å². The van der Waals surface area contributed by atoms with E-state index in [4.69, 9.17) is 16.3 Å². The standard InChI is InChI=1S/C10H16ClN3O/c1-14(6-9(11)8-15-2)7-10-12-4-3-5-13-10/h3-5,9H,6-8H2,1-2H3. The first-order valence-corrected chi connectivity index (χ1v) is 5.23. The molecule has 0 aromatic carbocycles. The topological polar surface area (TPSA) is 38.2 Å². The van der Waals surface area contributed by atoms with Gasteiger partial charge in [0.15, 0.2) is 0 Å². The van der Waals surface area contributed by atoms with E-state index in [0.29, 0.717) is 13.2 Å². The van der Waals surface area contributed by atoms with Crippen LogP contribution in [0, 0.1) is 0 Å². The van der Waals surface area contributed by atoms with E-state index in [1.165, 1.54) is 0 Å². The number of halogens is 1. The smallest absolute Gasteiger partial charge is 0.142 e. The van der Waals surface area contributed by atoms with Crippen molar-refractivity contribution >= 4 is 11.6 Å². The lowest BCUT2D eigenvalue weighted by molar-refractivity contribution is 0.180. The average molecular weight is 230 g/mol. The van der Waals surface area contributed by atoms with Crippen molar-refractivity contribution in [3.05, 3.63) is 24.3 Å². The van der Waals surface area contributed by atoms with E-state index >= 15 is 0 Å². The Morgan fingerprint density at radius 2 is 2.13 bits per heavy atom. The third-order valence-corrected chi connectivity index (χ3v) is 2.15. The Balaban J connectivity index is 2.33. The van der Waals surface area contributed by atoms with Crippen LogP contribution in [0.1, 0.15) is 5.82 Å². The summed E-state index contributed by atoms with van der Waals surface area (Å²) < 4.78 is 4.96. The van der Waals surface area contributed by atoms with E-state index in [9.17, 15) is 0 Å². The Morgan fingerprint density at radius 3 is 2.73 bits per heavy atom. The number of hydrogen-bond donors (Lipinski definition) is 0. The summed E-state index contributed by atoms with van der Waals surface area (Å²) in [5, 5.41) is 0.00344. The summed E-state index contributed by atoms with van der Waals surface area (Å²) in [4.78, 5) is 10.4.